The van der Waals surface area contributed by atoms with Gasteiger partial charge in [0, 0.05) is 12.2 Å². The van der Waals surface area contributed by atoms with E-state index in [0.29, 0.717) is 6.04 Å². The maximum atomic E-state index is 4.71. The molecule has 0 spiro atoms. The number of hydrogen-bond acceptors (Lipinski definition) is 2. The molecule has 0 aliphatic rings. The first kappa shape index (κ1) is 13.2. The summed E-state index contributed by atoms with van der Waals surface area (Å²) in [6, 6.07) is 2.75. The second-order valence-electron chi connectivity index (χ2n) is 4.28. The van der Waals surface area contributed by atoms with Gasteiger partial charge in [-0.1, -0.05) is 27.2 Å². The van der Waals surface area contributed by atoms with Crippen LogP contribution in [0.4, 0.5) is 0 Å². The molecule has 1 aromatic rings. The van der Waals surface area contributed by atoms with Crippen LogP contribution in [-0.2, 0) is 12.8 Å². The van der Waals surface area contributed by atoms with Crippen LogP contribution in [-0.4, -0.2) is 23.4 Å². The predicted molar refractivity (Wildman–Crippen MR) is 68.9 cm³/mol. The van der Waals surface area contributed by atoms with Crippen molar-refractivity contribution < 1.29 is 0 Å². The molecule has 1 aromatic heterocycles. The SMILES string of the molecule is CCCC(CNC)n1nc(CC)cc1CC. The van der Waals surface area contributed by atoms with Crippen LogP contribution in [0.1, 0.15) is 51.0 Å². The molecule has 0 aliphatic carbocycles. The first-order valence-corrected chi connectivity index (χ1v) is 6.48. The molecule has 1 N–H and O–H groups in total. The van der Waals surface area contributed by atoms with E-state index in [-0.39, 0.29) is 0 Å². The molecule has 3 nitrogen and oxygen atoms in total. The molecule has 0 radical (unpaired) electrons. The molecule has 1 heterocycles. The maximum Gasteiger partial charge on any atom is 0.0646 e. The van der Waals surface area contributed by atoms with Crippen molar-refractivity contribution in [3.05, 3.63) is 17.5 Å². The van der Waals surface area contributed by atoms with Crippen molar-refractivity contribution in [3.8, 4) is 0 Å². The lowest BCUT2D eigenvalue weighted by Gasteiger charge is -2.18. The van der Waals surface area contributed by atoms with Crippen molar-refractivity contribution in [3.63, 3.8) is 0 Å². The zero-order valence-corrected chi connectivity index (χ0v) is 11.1. The smallest absolute Gasteiger partial charge is 0.0646 e. The second kappa shape index (κ2) is 6.69. The molecule has 0 fully saturated rings. The standard InChI is InChI=1S/C13H25N3/c1-5-8-13(10-14-4)16-12(7-3)9-11(6-2)15-16/h9,13-14H,5-8,10H2,1-4H3. The van der Waals surface area contributed by atoms with Crippen LogP contribution in [0.2, 0.25) is 0 Å². The third kappa shape index (κ3) is 3.08. The van der Waals surface area contributed by atoms with Crippen LogP contribution in [0.3, 0.4) is 0 Å². The number of likely N-dealkylation sites (N-methyl/N-ethyl adjacent to an activating group) is 1. The minimum atomic E-state index is 0.505. The fraction of sp³-hybridized carbons (Fsp3) is 0.769. The minimum Gasteiger partial charge on any atom is -0.318 e. The molecule has 0 bridgehead atoms. The van der Waals surface area contributed by atoms with E-state index in [9.17, 15) is 0 Å². The van der Waals surface area contributed by atoms with Crippen LogP contribution < -0.4 is 5.32 Å². The Morgan fingerprint density at radius 1 is 1.31 bits per heavy atom. The number of aromatic nitrogens is 2. The Labute approximate surface area is 99.2 Å². The van der Waals surface area contributed by atoms with Crippen molar-refractivity contribution >= 4 is 0 Å². The highest BCUT2D eigenvalue weighted by atomic mass is 15.3. The van der Waals surface area contributed by atoms with Gasteiger partial charge in [0.15, 0.2) is 0 Å². The molecule has 92 valence electrons. The fourth-order valence-corrected chi connectivity index (χ4v) is 2.12. The van der Waals surface area contributed by atoms with Gasteiger partial charge in [0.25, 0.3) is 0 Å². The normalized spacial score (nSPS) is 13.0. The van der Waals surface area contributed by atoms with E-state index < -0.39 is 0 Å². The lowest BCUT2D eigenvalue weighted by atomic mass is 10.1. The Morgan fingerprint density at radius 3 is 2.56 bits per heavy atom. The molecule has 0 aliphatic heterocycles. The van der Waals surface area contributed by atoms with Crippen LogP contribution in [0.25, 0.3) is 0 Å². The summed E-state index contributed by atoms with van der Waals surface area (Å²) in [6.45, 7) is 7.61. The van der Waals surface area contributed by atoms with E-state index in [1.54, 1.807) is 0 Å². The van der Waals surface area contributed by atoms with Crippen molar-refractivity contribution in [1.29, 1.82) is 0 Å². The van der Waals surface area contributed by atoms with Crippen molar-refractivity contribution in [2.24, 2.45) is 0 Å². The number of aryl methyl sites for hydroxylation is 2. The van der Waals surface area contributed by atoms with Gasteiger partial charge < -0.3 is 5.32 Å². The lowest BCUT2D eigenvalue weighted by molar-refractivity contribution is 0.394. The van der Waals surface area contributed by atoms with Gasteiger partial charge >= 0.3 is 0 Å². The summed E-state index contributed by atoms with van der Waals surface area (Å²) >= 11 is 0. The van der Waals surface area contributed by atoms with Gasteiger partial charge in [-0.25, -0.2) is 0 Å². The predicted octanol–water partition coefficient (Wildman–Crippen LogP) is 2.57. The van der Waals surface area contributed by atoms with Gasteiger partial charge in [-0.3, -0.25) is 4.68 Å². The first-order valence-electron chi connectivity index (χ1n) is 6.48. The Bertz CT molecular complexity index is 298. The topological polar surface area (TPSA) is 29.9 Å². The molecular weight excluding hydrogens is 198 g/mol. The first-order chi connectivity index (χ1) is 7.76. The van der Waals surface area contributed by atoms with Gasteiger partial charge in [0.1, 0.15) is 0 Å². The summed E-state index contributed by atoms with van der Waals surface area (Å²) in [5.41, 5.74) is 2.58. The zero-order valence-electron chi connectivity index (χ0n) is 11.1. The monoisotopic (exact) mass is 223 g/mol. The fourth-order valence-electron chi connectivity index (χ4n) is 2.12. The average Bonchev–Trinajstić information content (AvgIpc) is 2.72. The number of nitrogens with zero attached hydrogens (tertiary/aromatic N) is 2. The van der Waals surface area contributed by atoms with Crippen LogP contribution in [0.5, 0.6) is 0 Å². The average molecular weight is 223 g/mol. The largest absolute Gasteiger partial charge is 0.318 e. The van der Waals surface area contributed by atoms with E-state index in [2.05, 4.69) is 36.8 Å². The highest BCUT2D eigenvalue weighted by Gasteiger charge is 2.14. The Morgan fingerprint density at radius 2 is 2.06 bits per heavy atom. The van der Waals surface area contributed by atoms with E-state index in [4.69, 9.17) is 5.10 Å². The zero-order chi connectivity index (χ0) is 12.0. The van der Waals surface area contributed by atoms with Crippen LogP contribution in [0.15, 0.2) is 6.07 Å². The summed E-state index contributed by atoms with van der Waals surface area (Å²) in [6.07, 6.45) is 4.49. The maximum absolute atomic E-state index is 4.71. The van der Waals surface area contributed by atoms with Crippen LogP contribution >= 0.6 is 0 Å². The minimum absolute atomic E-state index is 0.505. The molecule has 0 aromatic carbocycles. The van der Waals surface area contributed by atoms with Gasteiger partial charge in [-0.05, 0) is 32.4 Å². The summed E-state index contributed by atoms with van der Waals surface area (Å²) in [5.74, 6) is 0. The molecule has 1 atom stereocenters. The van der Waals surface area contributed by atoms with Crippen molar-refractivity contribution in [2.45, 2.75) is 52.5 Å². The third-order valence-electron chi connectivity index (χ3n) is 3.00. The summed E-state index contributed by atoms with van der Waals surface area (Å²) in [4.78, 5) is 0. The molecular formula is C13H25N3. The summed E-state index contributed by atoms with van der Waals surface area (Å²) in [5, 5.41) is 7.98. The van der Waals surface area contributed by atoms with Gasteiger partial charge in [0.05, 0.1) is 11.7 Å². The number of nitrogens with one attached hydrogen (secondary N) is 1. The highest BCUT2D eigenvalue weighted by Crippen LogP contribution is 2.17. The van der Waals surface area contributed by atoms with E-state index in [1.807, 2.05) is 7.05 Å². The molecule has 1 unspecified atom stereocenters. The highest BCUT2D eigenvalue weighted by molar-refractivity contribution is 5.11. The Kier molecular flexibility index (Phi) is 5.53. The van der Waals surface area contributed by atoms with Crippen LogP contribution in [0, 0.1) is 0 Å². The summed E-state index contributed by atoms with van der Waals surface area (Å²) in [7, 11) is 2.01. The second-order valence-corrected chi connectivity index (χ2v) is 4.28. The molecule has 16 heavy (non-hydrogen) atoms. The van der Waals surface area contributed by atoms with Crippen molar-refractivity contribution in [1.82, 2.24) is 15.1 Å². The number of rotatable bonds is 7. The van der Waals surface area contributed by atoms with Gasteiger partial charge in [-0.2, -0.15) is 5.10 Å². The Balaban J connectivity index is 2.91. The molecule has 0 saturated heterocycles. The number of hydrogen-bond donors (Lipinski definition) is 1. The molecule has 3 heteroatoms. The van der Waals surface area contributed by atoms with Gasteiger partial charge in [-0.15, -0.1) is 0 Å². The summed E-state index contributed by atoms with van der Waals surface area (Å²) < 4.78 is 2.23. The molecule has 0 saturated carbocycles. The van der Waals surface area contributed by atoms with Gasteiger partial charge in [0.2, 0.25) is 0 Å². The molecule has 1 rings (SSSR count). The quantitative estimate of drug-likeness (QED) is 0.770. The van der Waals surface area contributed by atoms with E-state index in [0.717, 1.165) is 19.4 Å². The van der Waals surface area contributed by atoms with E-state index >= 15 is 0 Å². The third-order valence-corrected chi connectivity index (χ3v) is 3.00. The lowest BCUT2D eigenvalue weighted by Crippen LogP contribution is -2.24. The Hall–Kier alpha value is -0.830. The van der Waals surface area contributed by atoms with E-state index in [1.165, 1.54) is 24.2 Å². The van der Waals surface area contributed by atoms with Crippen molar-refractivity contribution in [2.75, 3.05) is 13.6 Å². The molecule has 0 amide bonds.